The fourth-order valence-electron chi connectivity index (χ4n) is 5.21. The van der Waals surface area contributed by atoms with E-state index >= 15 is 0 Å². The second kappa shape index (κ2) is 9.15. The molecule has 2 aliphatic heterocycles. The van der Waals surface area contributed by atoms with Crippen molar-refractivity contribution in [3.8, 4) is 17.0 Å². The van der Waals surface area contributed by atoms with Crippen LogP contribution < -0.4 is 4.74 Å². The molecule has 0 saturated carbocycles. The number of nitrogens with zero attached hydrogens (tertiary/aromatic N) is 4. The highest BCUT2D eigenvalue weighted by Crippen LogP contribution is 2.43. The number of amides is 1. The number of hydrogen-bond donors (Lipinski definition) is 2. The van der Waals surface area contributed by atoms with Gasteiger partial charge >= 0.3 is 0 Å². The fraction of sp³-hybridized carbons (Fsp3) is 0.407. The third-order valence-corrected chi connectivity index (χ3v) is 7.14. The first kappa shape index (κ1) is 22.9. The number of rotatable bonds is 5. The first-order valence-corrected chi connectivity index (χ1v) is 12.4. The van der Waals surface area contributed by atoms with E-state index in [1.807, 2.05) is 31.5 Å². The van der Waals surface area contributed by atoms with Crippen molar-refractivity contribution >= 4 is 27.6 Å². The molecule has 0 radical (unpaired) electrons. The molecule has 1 atom stereocenters. The van der Waals surface area contributed by atoms with Crippen molar-refractivity contribution in [3.63, 3.8) is 0 Å². The maximum absolute atomic E-state index is 12.1. The number of ether oxygens (including phenoxy) is 2. The Balaban J connectivity index is 1.50. The van der Waals surface area contributed by atoms with Crippen molar-refractivity contribution in [1.29, 1.82) is 0 Å². The SMILES string of the molecule is Cc1cc(-c2c(C3CCOCC3)nc(OC3CN(C(=O)[C@H](C)O)C3)c3cc4[nH]ncc4cc23)ccn1. The summed E-state index contributed by atoms with van der Waals surface area (Å²) in [6.07, 6.45) is 4.26. The number of aryl methyl sites for hydroxylation is 1. The molecule has 2 saturated heterocycles. The summed E-state index contributed by atoms with van der Waals surface area (Å²) >= 11 is 0. The summed E-state index contributed by atoms with van der Waals surface area (Å²) in [6.45, 7) is 5.75. The van der Waals surface area contributed by atoms with E-state index < -0.39 is 6.10 Å². The lowest BCUT2D eigenvalue weighted by molar-refractivity contribution is -0.148. The highest BCUT2D eigenvalue weighted by molar-refractivity contribution is 6.06. The summed E-state index contributed by atoms with van der Waals surface area (Å²) in [5.41, 5.74) is 5.03. The van der Waals surface area contributed by atoms with Gasteiger partial charge in [0.2, 0.25) is 5.88 Å². The largest absolute Gasteiger partial charge is 0.470 e. The molecule has 1 aromatic carbocycles. The third kappa shape index (κ3) is 4.08. The first-order valence-electron chi connectivity index (χ1n) is 12.4. The normalized spacial score (nSPS) is 17.9. The molecule has 6 rings (SSSR count). The Kier molecular flexibility index (Phi) is 5.81. The molecule has 2 N–H and O–H groups in total. The topological polar surface area (TPSA) is 113 Å². The molecule has 3 aromatic heterocycles. The van der Waals surface area contributed by atoms with E-state index in [0.717, 1.165) is 57.0 Å². The lowest BCUT2D eigenvalue weighted by Crippen LogP contribution is -2.58. The molecule has 186 valence electrons. The Morgan fingerprint density at radius 1 is 1.22 bits per heavy atom. The number of H-pyrrole nitrogens is 1. The number of aliphatic hydroxyl groups is 1. The van der Waals surface area contributed by atoms with Crippen LogP contribution in [0.2, 0.25) is 0 Å². The predicted molar refractivity (Wildman–Crippen MR) is 135 cm³/mol. The van der Waals surface area contributed by atoms with E-state index in [0.29, 0.717) is 32.2 Å². The Morgan fingerprint density at radius 3 is 2.78 bits per heavy atom. The van der Waals surface area contributed by atoms with Crippen LogP contribution in [0.4, 0.5) is 0 Å². The van der Waals surface area contributed by atoms with Gasteiger partial charge in [-0.05, 0) is 61.9 Å². The molecule has 0 unspecified atom stereocenters. The van der Waals surface area contributed by atoms with E-state index in [1.54, 1.807) is 4.90 Å². The molecule has 9 nitrogen and oxygen atoms in total. The van der Waals surface area contributed by atoms with Gasteiger partial charge in [0, 0.05) is 47.4 Å². The number of hydrogen-bond acceptors (Lipinski definition) is 7. The minimum Gasteiger partial charge on any atom is -0.470 e. The lowest BCUT2D eigenvalue weighted by atomic mass is 9.87. The van der Waals surface area contributed by atoms with E-state index in [9.17, 15) is 9.90 Å². The quantitative estimate of drug-likeness (QED) is 0.444. The van der Waals surface area contributed by atoms with Gasteiger partial charge in [0.25, 0.3) is 5.91 Å². The van der Waals surface area contributed by atoms with E-state index in [-0.39, 0.29) is 17.9 Å². The molecule has 0 spiro atoms. The molecular formula is C27H29N5O4. The minimum atomic E-state index is -1.01. The van der Waals surface area contributed by atoms with Crippen LogP contribution in [0, 0.1) is 6.92 Å². The van der Waals surface area contributed by atoms with Gasteiger partial charge in [-0.25, -0.2) is 4.98 Å². The molecule has 0 bridgehead atoms. The lowest BCUT2D eigenvalue weighted by Gasteiger charge is -2.39. The molecule has 2 aliphatic rings. The zero-order valence-corrected chi connectivity index (χ0v) is 20.4. The smallest absolute Gasteiger partial charge is 0.251 e. The van der Waals surface area contributed by atoms with Gasteiger partial charge in [-0.3, -0.25) is 14.9 Å². The number of aliphatic hydroxyl groups excluding tert-OH is 1. The number of likely N-dealkylation sites (tertiary alicyclic amines) is 1. The van der Waals surface area contributed by atoms with Crippen LogP contribution in [0.1, 0.15) is 37.1 Å². The van der Waals surface area contributed by atoms with Crippen molar-refractivity contribution < 1.29 is 19.4 Å². The van der Waals surface area contributed by atoms with Crippen molar-refractivity contribution in [2.24, 2.45) is 0 Å². The highest BCUT2D eigenvalue weighted by atomic mass is 16.5. The molecular weight excluding hydrogens is 458 g/mol. The number of benzene rings is 1. The van der Waals surface area contributed by atoms with E-state index in [4.69, 9.17) is 14.5 Å². The molecule has 1 amide bonds. The molecule has 5 heterocycles. The van der Waals surface area contributed by atoms with Gasteiger partial charge in [-0.1, -0.05) is 0 Å². The second-order valence-corrected chi connectivity index (χ2v) is 9.76. The summed E-state index contributed by atoms with van der Waals surface area (Å²) in [7, 11) is 0. The zero-order valence-electron chi connectivity index (χ0n) is 20.4. The number of carbonyl (C=O) groups excluding carboxylic acids is 1. The average Bonchev–Trinajstić information content (AvgIpc) is 3.32. The summed E-state index contributed by atoms with van der Waals surface area (Å²) in [6, 6.07) is 8.34. The number of fused-ring (bicyclic) bond motifs is 2. The summed E-state index contributed by atoms with van der Waals surface area (Å²) in [5.74, 6) is 0.522. The maximum Gasteiger partial charge on any atom is 0.251 e. The van der Waals surface area contributed by atoms with E-state index in [1.165, 1.54) is 6.92 Å². The minimum absolute atomic E-state index is 0.183. The van der Waals surface area contributed by atoms with Crippen molar-refractivity contribution in [2.45, 2.75) is 44.8 Å². The maximum atomic E-state index is 12.1. The third-order valence-electron chi connectivity index (χ3n) is 7.14. The highest BCUT2D eigenvalue weighted by Gasteiger charge is 2.35. The molecule has 9 heteroatoms. The monoisotopic (exact) mass is 487 g/mol. The zero-order chi connectivity index (χ0) is 24.8. The van der Waals surface area contributed by atoms with Crippen LogP contribution in [0.15, 0.2) is 36.7 Å². The summed E-state index contributed by atoms with van der Waals surface area (Å²) < 4.78 is 12.1. The summed E-state index contributed by atoms with van der Waals surface area (Å²) in [4.78, 5) is 23.3. The molecule has 4 aromatic rings. The molecule has 36 heavy (non-hydrogen) atoms. The standard InChI is InChI=1S/C27H29N5O4/c1-15-9-18(3-6-28-15)24-21-10-19-12-29-31-23(19)11-22(21)26(30-25(24)17-4-7-35-8-5-17)36-20-13-32(14-20)27(34)16(2)33/h3,6,9-12,16-17,20,33H,4-5,7-8,13-14H2,1-2H3,(H,29,31)/t16-/m0/s1. The van der Waals surface area contributed by atoms with Gasteiger partial charge in [-0.15, -0.1) is 0 Å². The number of carbonyl (C=O) groups is 1. The predicted octanol–water partition coefficient (Wildman–Crippen LogP) is 3.35. The van der Waals surface area contributed by atoms with Gasteiger partial charge < -0.3 is 19.5 Å². The Labute approximate surface area is 208 Å². The molecule has 0 aliphatic carbocycles. The number of nitrogens with one attached hydrogen (secondary N) is 1. The Bertz CT molecular complexity index is 1440. The summed E-state index contributed by atoms with van der Waals surface area (Å²) in [5, 5.41) is 19.9. The molecule has 2 fully saturated rings. The van der Waals surface area contributed by atoms with Crippen LogP contribution >= 0.6 is 0 Å². The van der Waals surface area contributed by atoms with Crippen LogP contribution in [0.5, 0.6) is 5.88 Å². The Morgan fingerprint density at radius 2 is 2.03 bits per heavy atom. The first-order chi connectivity index (χ1) is 17.5. The Hall–Kier alpha value is -3.56. The van der Waals surface area contributed by atoms with Crippen LogP contribution in [-0.2, 0) is 9.53 Å². The van der Waals surface area contributed by atoms with Gasteiger partial charge in [-0.2, -0.15) is 5.10 Å². The van der Waals surface area contributed by atoms with Gasteiger partial charge in [0.05, 0.1) is 30.5 Å². The van der Waals surface area contributed by atoms with Gasteiger partial charge in [0.1, 0.15) is 12.2 Å². The van der Waals surface area contributed by atoms with Crippen molar-refractivity contribution in [2.75, 3.05) is 26.3 Å². The van der Waals surface area contributed by atoms with Crippen LogP contribution in [0.25, 0.3) is 32.8 Å². The number of pyridine rings is 2. The van der Waals surface area contributed by atoms with Crippen molar-refractivity contribution in [1.82, 2.24) is 25.1 Å². The van der Waals surface area contributed by atoms with E-state index in [2.05, 4.69) is 27.3 Å². The number of aromatic amines is 1. The van der Waals surface area contributed by atoms with Crippen LogP contribution in [0.3, 0.4) is 0 Å². The van der Waals surface area contributed by atoms with Crippen molar-refractivity contribution in [3.05, 3.63) is 48.0 Å². The average molecular weight is 488 g/mol. The fourth-order valence-corrected chi connectivity index (χ4v) is 5.21. The van der Waals surface area contributed by atoms with Gasteiger partial charge in [0.15, 0.2) is 0 Å². The van der Waals surface area contributed by atoms with Crippen LogP contribution in [-0.4, -0.2) is 74.6 Å². The number of aromatic nitrogens is 4. The second-order valence-electron chi connectivity index (χ2n) is 9.76.